The van der Waals surface area contributed by atoms with E-state index in [9.17, 15) is 15.2 Å². The van der Waals surface area contributed by atoms with E-state index in [0.29, 0.717) is 10.2 Å². The first kappa shape index (κ1) is 17.3. The fraction of sp³-hybridized carbons (Fsp3) is 0.667. The molecule has 1 atom stereocenters. The van der Waals surface area contributed by atoms with Gasteiger partial charge in [0.2, 0.25) is 0 Å². The first-order valence-electron chi connectivity index (χ1n) is 7.62. The molecule has 0 radical (unpaired) electrons. The number of rotatable bonds is 5. The van der Waals surface area contributed by atoms with Gasteiger partial charge in [-0.3, -0.25) is 15.1 Å². The summed E-state index contributed by atoms with van der Waals surface area (Å²) in [6.07, 6.45) is 4.71. The van der Waals surface area contributed by atoms with Gasteiger partial charge in [-0.1, -0.05) is 13.8 Å². The minimum Gasteiger partial charge on any atom is -0.393 e. The summed E-state index contributed by atoms with van der Waals surface area (Å²) in [5.74, 6) is 0.180. The molecule has 0 amide bonds. The molecule has 7 heteroatoms. The number of aliphatic hydroxyl groups is 1. The third kappa shape index (κ3) is 4.24. The van der Waals surface area contributed by atoms with Crippen molar-refractivity contribution in [2.75, 3.05) is 0 Å². The lowest BCUT2D eigenvalue weighted by molar-refractivity contribution is -0.386. The number of hydrogen-bond acceptors (Lipinski definition) is 5. The largest absolute Gasteiger partial charge is 0.393 e. The second kappa shape index (κ2) is 7.48. The predicted octanol–water partition coefficient (Wildman–Crippen LogP) is 3.34. The van der Waals surface area contributed by atoms with E-state index >= 15 is 0 Å². The molecule has 0 bridgehead atoms. The molecule has 22 heavy (non-hydrogen) atoms. The van der Waals surface area contributed by atoms with Crippen LogP contribution >= 0.6 is 15.9 Å². The number of aromatic nitrogens is 1. The van der Waals surface area contributed by atoms with Crippen molar-refractivity contribution in [2.24, 2.45) is 5.92 Å². The average Bonchev–Trinajstić information content (AvgIpc) is 2.46. The molecular weight excluding hydrogens is 350 g/mol. The first-order valence-corrected chi connectivity index (χ1v) is 8.41. The highest BCUT2D eigenvalue weighted by Crippen LogP contribution is 2.32. The summed E-state index contributed by atoms with van der Waals surface area (Å²) in [5, 5.41) is 24.4. The Hall–Kier alpha value is -1.05. The van der Waals surface area contributed by atoms with Gasteiger partial charge in [0.1, 0.15) is 5.69 Å². The Morgan fingerprint density at radius 3 is 2.59 bits per heavy atom. The molecule has 1 aliphatic carbocycles. The number of aliphatic hydroxyl groups excluding tert-OH is 1. The van der Waals surface area contributed by atoms with Crippen molar-refractivity contribution in [1.82, 2.24) is 10.3 Å². The normalized spacial score (nSPS) is 23.5. The summed E-state index contributed by atoms with van der Waals surface area (Å²) in [4.78, 5) is 15.2. The molecule has 1 heterocycles. The number of nitrogens with one attached hydrogen (secondary N) is 1. The van der Waals surface area contributed by atoms with Crippen LogP contribution in [0.5, 0.6) is 0 Å². The van der Waals surface area contributed by atoms with Crippen molar-refractivity contribution < 1.29 is 10.0 Å². The molecule has 0 aliphatic heterocycles. The Bertz CT molecular complexity index is 531. The van der Waals surface area contributed by atoms with Crippen LogP contribution < -0.4 is 5.32 Å². The molecule has 0 saturated heterocycles. The summed E-state index contributed by atoms with van der Waals surface area (Å²) in [6.45, 7) is 4.06. The maximum Gasteiger partial charge on any atom is 0.293 e. The SMILES string of the molecule is CC(C)C(NC1CCC(O)CC1)c1ncc(Br)cc1[N+](=O)[O-]. The van der Waals surface area contributed by atoms with Gasteiger partial charge in [-0.25, -0.2) is 0 Å². The minimum atomic E-state index is -0.380. The Labute approximate surface area is 138 Å². The fourth-order valence-electron chi connectivity index (χ4n) is 2.91. The van der Waals surface area contributed by atoms with Crippen LogP contribution in [0.15, 0.2) is 16.7 Å². The molecule has 122 valence electrons. The lowest BCUT2D eigenvalue weighted by Gasteiger charge is -2.31. The molecule has 1 aromatic rings. The van der Waals surface area contributed by atoms with Crippen molar-refractivity contribution >= 4 is 21.6 Å². The maximum atomic E-state index is 11.3. The Morgan fingerprint density at radius 1 is 1.41 bits per heavy atom. The second-order valence-corrected chi connectivity index (χ2v) is 7.12. The Kier molecular flexibility index (Phi) is 5.88. The van der Waals surface area contributed by atoms with Crippen LogP contribution in [0.25, 0.3) is 0 Å². The number of nitro groups is 1. The number of pyridine rings is 1. The summed E-state index contributed by atoms with van der Waals surface area (Å²) in [7, 11) is 0. The van der Waals surface area contributed by atoms with E-state index in [1.165, 1.54) is 6.07 Å². The van der Waals surface area contributed by atoms with E-state index in [0.717, 1.165) is 25.7 Å². The molecule has 1 saturated carbocycles. The molecular formula is C15H22BrN3O3. The van der Waals surface area contributed by atoms with E-state index in [1.54, 1.807) is 6.20 Å². The van der Waals surface area contributed by atoms with Gasteiger partial charge in [0.05, 0.1) is 17.1 Å². The van der Waals surface area contributed by atoms with Gasteiger partial charge in [-0.05, 0) is 47.5 Å². The van der Waals surface area contributed by atoms with Crippen LogP contribution in [-0.2, 0) is 0 Å². The van der Waals surface area contributed by atoms with E-state index in [2.05, 4.69) is 26.2 Å². The summed E-state index contributed by atoms with van der Waals surface area (Å²) < 4.78 is 0.603. The second-order valence-electron chi connectivity index (χ2n) is 6.21. The zero-order valence-corrected chi connectivity index (χ0v) is 14.4. The molecule has 1 aliphatic rings. The zero-order valence-electron chi connectivity index (χ0n) is 12.8. The lowest BCUT2D eigenvalue weighted by atomic mass is 9.90. The lowest BCUT2D eigenvalue weighted by Crippen LogP contribution is -2.39. The van der Waals surface area contributed by atoms with Gasteiger partial charge < -0.3 is 10.4 Å². The Morgan fingerprint density at radius 2 is 2.05 bits per heavy atom. The van der Waals surface area contributed by atoms with Crippen LogP contribution in [0, 0.1) is 16.0 Å². The fourth-order valence-corrected chi connectivity index (χ4v) is 3.23. The van der Waals surface area contributed by atoms with Crippen molar-refractivity contribution in [3.8, 4) is 0 Å². The van der Waals surface area contributed by atoms with Crippen molar-refractivity contribution in [3.05, 3.63) is 32.5 Å². The highest BCUT2D eigenvalue weighted by Gasteiger charge is 2.30. The van der Waals surface area contributed by atoms with Gasteiger partial charge >= 0.3 is 0 Å². The minimum absolute atomic E-state index is 0.0384. The summed E-state index contributed by atoms with van der Waals surface area (Å²) >= 11 is 3.24. The Balaban J connectivity index is 2.23. The van der Waals surface area contributed by atoms with Crippen molar-refractivity contribution in [1.29, 1.82) is 0 Å². The average molecular weight is 372 g/mol. The highest BCUT2D eigenvalue weighted by molar-refractivity contribution is 9.10. The quantitative estimate of drug-likeness (QED) is 0.611. The molecule has 1 fully saturated rings. The number of halogens is 1. The van der Waals surface area contributed by atoms with Gasteiger partial charge in [0, 0.05) is 22.8 Å². The predicted molar refractivity (Wildman–Crippen MR) is 87.6 cm³/mol. The summed E-state index contributed by atoms with van der Waals surface area (Å²) in [6, 6.07) is 1.60. The first-order chi connectivity index (χ1) is 10.4. The van der Waals surface area contributed by atoms with Gasteiger partial charge in [-0.15, -0.1) is 0 Å². The monoisotopic (exact) mass is 371 g/mol. The summed E-state index contributed by atoms with van der Waals surface area (Å²) in [5.41, 5.74) is 0.519. The topological polar surface area (TPSA) is 88.3 Å². The number of nitrogens with zero attached hydrogens (tertiary/aromatic N) is 2. The molecule has 6 nitrogen and oxygen atoms in total. The third-order valence-electron chi connectivity index (χ3n) is 4.13. The van der Waals surface area contributed by atoms with Crippen LogP contribution in [0.4, 0.5) is 5.69 Å². The van der Waals surface area contributed by atoms with Gasteiger partial charge in [-0.2, -0.15) is 0 Å². The molecule has 0 spiro atoms. The van der Waals surface area contributed by atoms with E-state index < -0.39 is 0 Å². The smallest absolute Gasteiger partial charge is 0.293 e. The molecule has 2 rings (SSSR count). The van der Waals surface area contributed by atoms with Crippen molar-refractivity contribution in [2.45, 2.75) is 57.7 Å². The zero-order chi connectivity index (χ0) is 16.3. The molecule has 1 unspecified atom stereocenters. The van der Waals surface area contributed by atoms with Crippen LogP contribution in [0.2, 0.25) is 0 Å². The van der Waals surface area contributed by atoms with Crippen LogP contribution in [0.3, 0.4) is 0 Å². The van der Waals surface area contributed by atoms with Gasteiger partial charge in [0.25, 0.3) is 5.69 Å². The van der Waals surface area contributed by atoms with Crippen molar-refractivity contribution in [3.63, 3.8) is 0 Å². The standard InChI is InChI=1S/C15H22BrN3O3/c1-9(2)14(18-11-3-5-12(20)6-4-11)15-13(19(21)22)7-10(16)8-17-15/h7-9,11-12,14,18,20H,3-6H2,1-2H3. The highest BCUT2D eigenvalue weighted by atomic mass is 79.9. The van der Waals surface area contributed by atoms with E-state index in [4.69, 9.17) is 0 Å². The van der Waals surface area contributed by atoms with Crippen LogP contribution in [-0.4, -0.2) is 27.2 Å². The molecule has 0 aromatic carbocycles. The maximum absolute atomic E-state index is 11.3. The third-order valence-corrected chi connectivity index (χ3v) is 4.57. The van der Waals surface area contributed by atoms with E-state index in [1.807, 2.05) is 13.8 Å². The van der Waals surface area contributed by atoms with E-state index in [-0.39, 0.29) is 34.7 Å². The van der Waals surface area contributed by atoms with Gasteiger partial charge in [0.15, 0.2) is 0 Å². The van der Waals surface area contributed by atoms with Crippen LogP contribution in [0.1, 0.15) is 51.3 Å². The molecule has 2 N–H and O–H groups in total. The number of hydrogen-bond donors (Lipinski definition) is 2. The molecule has 1 aromatic heterocycles.